The summed E-state index contributed by atoms with van der Waals surface area (Å²) in [5.74, 6) is 1.91. The summed E-state index contributed by atoms with van der Waals surface area (Å²) in [5, 5.41) is 8.76. The molecule has 0 unspecified atom stereocenters. The largest absolute Gasteiger partial charge is 0.378 e. The predicted octanol–water partition coefficient (Wildman–Crippen LogP) is 3.41. The van der Waals surface area contributed by atoms with Crippen LogP contribution in [0, 0.1) is 0 Å². The number of piperidine rings is 1. The molecule has 3 aromatic rings. The van der Waals surface area contributed by atoms with Crippen LogP contribution in [-0.2, 0) is 11.2 Å². The summed E-state index contributed by atoms with van der Waals surface area (Å²) in [7, 11) is 2.09. The molecule has 11 nitrogen and oxygen atoms in total. The molecule has 0 bridgehead atoms. The SMILES string of the molecule is CCc1nc(-c2ccc(NC(=O)Nc3ccc(C(=O)NC4CCN(C)CC4)cc3)cc2)nc(N2CCOCC2)n1. The number of aromatic nitrogens is 3. The molecular formula is C29H36N8O3. The van der Waals surface area contributed by atoms with Gasteiger partial charge in [0, 0.05) is 48.1 Å². The third-order valence-corrected chi connectivity index (χ3v) is 7.14. The van der Waals surface area contributed by atoms with Crippen LogP contribution in [0.1, 0.15) is 35.9 Å². The third kappa shape index (κ3) is 7.10. The summed E-state index contributed by atoms with van der Waals surface area (Å²) in [4.78, 5) is 43.5. The number of urea groups is 1. The molecule has 1 aromatic heterocycles. The first-order valence-electron chi connectivity index (χ1n) is 13.8. The van der Waals surface area contributed by atoms with Crippen LogP contribution in [0.15, 0.2) is 48.5 Å². The van der Waals surface area contributed by atoms with Gasteiger partial charge in [-0.05, 0) is 81.5 Å². The molecular weight excluding hydrogens is 508 g/mol. The van der Waals surface area contributed by atoms with Crippen LogP contribution < -0.4 is 20.9 Å². The molecule has 0 radical (unpaired) electrons. The number of carbonyl (C=O) groups excluding carboxylic acids is 2. The number of rotatable bonds is 7. The van der Waals surface area contributed by atoms with Gasteiger partial charge in [0.15, 0.2) is 5.82 Å². The van der Waals surface area contributed by atoms with Gasteiger partial charge in [-0.1, -0.05) is 6.92 Å². The number of hydrogen-bond acceptors (Lipinski definition) is 8. The zero-order valence-electron chi connectivity index (χ0n) is 23.0. The van der Waals surface area contributed by atoms with E-state index in [0.717, 1.165) is 50.4 Å². The number of amides is 3. The number of nitrogens with one attached hydrogen (secondary N) is 3. The Morgan fingerprint density at radius 3 is 2.12 bits per heavy atom. The highest BCUT2D eigenvalue weighted by atomic mass is 16.5. The van der Waals surface area contributed by atoms with Crippen molar-refractivity contribution < 1.29 is 14.3 Å². The average molecular weight is 545 g/mol. The van der Waals surface area contributed by atoms with E-state index in [1.165, 1.54) is 0 Å². The Kier molecular flexibility index (Phi) is 8.82. The predicted molar refractivity (Wildman–Crippen MR) is 155 cm³/mol. The average Bonchev–Trinajstić information content (AvgIpc) is 2.99. The number of likely N-dealkylation sites (tertiary alicyclic amines) is 1. The van der Waals surface area contributed by atoms with Gasteiger partial charge in [0.2, 0.25) is 5.95 Å². The fourth-order valence-electron chi connectivity index (χ4n) is 4.72. The molecule has 11 heteroatoms. The molecule has 2 aromatic carbocycles. The number of benzene rings is 2. The molecule has 2 aliphatic rings. The zero-order chi connectivity index (χ0) is 27.9. The highest BCUT2D eigenvalue weighted by Crippen LogP contribution is 2.21. The Bertz CT molecular complexity index is 1300. The second-order valence-corrected chi connectivity index (χ2v) is 10.1. The minimum atomic E-state index is -0.376. The lowest BCUT2D eigenvalue weighted by Gasteiger charge is -2.29. The minimum Gasteiger partial charge on any atom is -0.378 e. The van der Waals surface area contributed by atoms with E-state index in [2.05, 4.69) is 42.8 Å². The lowest BCUT2D eigenvalue weighted by atomic mass is 10.0. The number of morpholine rings is 1. The van der Waals surface area contributed by atoms with E-state index in [4.69, 9.17) is 9.72 Å². The second kappa shape index (κ2) is 12.8. The molecule has 40 heavy (non-hydrogen) atoms. The van der Waals surface area contributed by atoms with Crippen molar-refractivity contribution in [2.45, 2.75) is 32.2 Å². The summed E-state index contributed by atoms with van der Waals surface area (Å²) >= 11 is 0. The van der Waals surface area contributed by atoms with Crippen molar-refractivity contribution in [3.8, 4) is 11.4 Å². The summed E-state index contributed by atoms with van der Waals surface area (Å²) < 4.78 is 5.45. The molecule has 210 valence electrons. The second-order valence-electron chi connectivity index (χ2n) is 10.1. The number of nitrogens with zero attached hydrogens (tertiary/aromatic N) is 5. The van der Waals surface area contributed by atoms with Crippen LogP contribution in [0.4, 0.5) is 22.1 Å². The van der Waals surface area contributed by atoms with Crippen molar-refractivity contribution in [3.63, 3.8) is 0 Å². The van der Waals surface area contributed by atoms with E-state index >= 15 is 0 Å². The molecule has 0 aliphatic carbocycles. The maximum atomic E-state index is 12.6. The Hall–Kier alpha value is -4.09. The summed E-state index contributed by atoms with van der Waals surface area (Å²) in [5.41, 5.74) is 2.64. The number of carbonyl (C=O) groups is 2. The topological polar surface area (TPSA) is 125 Å². The Balaban J connectivity index is 1.16. The molecule has 3 amide bonds. The molecule has 2 aliphatic heterocycles. The fraction of sp³-hybridized carbons (Fsp3) is 0.414. The van der Waals surface area contributed by atoms with Gasteiger partial charge in [-0.2, -0.15) is 9.97 Å². The lowest BCUT2D eigenvalue weighted by Crippen LogP contribution is -2.43. The van der Waals surface area contributed by atoms with E-state index in [1.54, 1.807) is 24.3 Å². The lowest BCUT2D eigenvalue weighted by molar-refractivity contribution is 0.0917. The van der Waals surface area contributed by atoms with Crippen molar-refractivity contribution >= 4 is 29.3 Å². The zero-order valence-corrected chi connectivity index (χ0v) is 23.0. The molecule has 0 atom stereocenters. The van der Waals surface area contributed by atoms with Gasteiger partial charge >= 0.3 is 6.03 Å². The molecule has 0 saturated carbocycles. The van der Waals surface area contributed by atoms with Crippen molar-refractivity contribution in [1.29, 1.82) is 0 Å². The smallest absolute Gasteiger partial charge is 0.323 e. The standard InChI is InChI=1S/C29H36N8O3/c1-3-25-33-26(35-28(34-25)37-16-18-40-19-17-37)20-4-8-22(9-5-20)31-29(39)32-23-10-6-21(7-11-23)27(38)30-24-12-14-36(2)15-13-24/h4-11,24H,3,12-19H2,1-2H3,(H,30,38)(H2,31,32,39). The van der Waals surface area contributed by atoms with Crippen LogP contribution in [0.3, 0.4) is 0 Å². The van der Waals surface area contributed by atoms with Crippen LogP contribution in [-0.4, -0.2) is 84.3 Å². The van der Waals surface area contributed by atoms with Gasteiger partial charge < -0.3 is 30.5 Å². The Labute approximate surface area is 234 Å². The Morgan fingerprint density at radius 1 is 0.875 bits per heavy atom. The van der Waals surface area contributed by atoms with Crippen molar-refractivity contribution in [1.82, 2.24) is 25.2 Å². The maximum absolute atomic E-state index is 12.6. The fourth-order valence-corrected chi connectivity index (χ4v) is 4.72. The van der Waals surface area contributed by atoms with Gasteiger partial charge in [-0.3, -0.25) is 4.79 Å². The molecule has 3 N–H and O–H groups in total. The van der Waals surface area contributed by atoms with E-state index in [1.807, 2.05) is 31.2 Å². The number of aryl methyl sites for hydroxylation is 1. The summed E-state index contributed by atoms with van der Waals surface area (Å²) in [6, 6.07) is 14.1. The highest BCUT2D eigenvalue weighted by molar-refractivity contribution is 6.00. The quantitative estimate of drug-likeness (QED) is 0.413. The highest BCUT2D eigenvalue weighted by Gasteiger charge is 2.19. The molecule has 0 spiro atoms. The maximum Gasteiger partial charge on any atom is 0.323 e. The van der Waals surface area contributed by atoms with Crippen LogP contribution in [0.25, 0.3) is 11.4 Å². The van der Waals surface area contributed by atoms with Gasteiger partial charge in [0.05, 0.1) is 13.2 Å². The number of ether oxygens (including phenoxy) is 1. The van der Waals surface area contributed by atoms with E-state index in [9.17, 15) is 9.59 Å². The van der Waals surface area contributed by atoms with Crippen LogP contribution >= 0.6 is 0 Å². The molecule has 2 fully saturated rings. The van der Waals surface area contributed by atoms with Crippen molar-refractivity contribution in [2.75, 3.05) is 62.0 Å². The van der Waals surface area contributed by atoms with Crippen molar-refractivity contribution in [2.24, 2.45) is 0 Å². The first-order chi connectivity index (χ1) is 19.5. The Morgan fingerprint density at radius 2 is 1.50 bits per heavy atom. The van der Waals surface area contributed by atoms with Gasteiger partial charge in [0.1, 0.15) is 5.82 Å². The minimum absolute atomic E-state index is 0.0908. The van der Waals surface area contributed by atoms with Gasteiger partial charge in [-0.15, -0.1) is 0 Å². The summed E-state index contributed by atoms with van der Waals surface area (Å²) in [6.45, 7) is 6.80. The van der Waals surface area contributed by atoms with Gasteiger partial charge in [-0.25, -0.2) is 9.78 Å². The number of anilines is 3. The van der Waals surface area contributed by atoms with E-state index in [-0.39, 0.29) is 18.0 Å². The number of hydrogen-bond donors (Lipinski definition) is 3. The van der Waals surface area contributed by atoms with Crippen LogP contribution in [0.2, 0.25) is 0 Å². The molecule has 5 rings (SSSR count). The molecule has 3 heterocycles. The third-order valence-electron chi connectivity index (χ3n) is 7.14. The van der Waals surface area contributed by atoms with E-state index in [0.29, 0.717) is 48.3 Å². The summed E-state index contributed by atoms with van der Waals surface area (Å²) in [6.07, 6.45) is 2.61. The van der Waals surface area contributed by atoms with Crippen LogP contribution in [0.5, 0.6) is 0 Å². The first-order valence-corrected chi connectivity index (χ1v) is 13.8. The van der Waals surface area contributed by atoms with E-state index < -0.39 is 0 Å². The normalized spacial score (nSPS) is 16.4. The molecule has 2 saturated heterocycles. The van der Waals surface area contributed by atoms with Crippen molar-refractivity contribution in [3.05, 3.63) is 59.9 Å². The first kappa shape index (κ1) is 27.5. The monoisotopic (exact) mass is 544 g/mol. The van der Waals surface area contributed by atoms with Gasteiger partial charge in [0.25, 0.3) is 5.91 Å².